The largest absolute Gasteiger partial charge is 0.490 e. The summed E-state index contributed by atoms with van der Waals surface area (Å²) in [7, 11) is 0. The normalized spacial score (nSPS) is 14.2. The summed E-state index contributed by atoms with van der Waals surface area (Å²) in [4.78, 5) is 23.5. The van der Waals surface area contributed by atoms with E-state index in [0.29, 0.717) is 11.7 Å². The van der Waals surface area contributed by atoms with Gasteiger partial charge in [0.2, 0.25) is 5.95 Å². The van der Waals surface area contributed by atoms with Crippen LogP contribution in [0.2, 0.25) is 0 Å². The van der Waals surface area contributed by atoms with Crippen molar-refractivity contribution in [1.29, 1.82) is 5.26 Å². The molecule has 0 saturated carbocycles. The van der Waals surface area contributed by atoms with E-state index in [1.165, 1.54) is 18.3 Å². The summed E-state index contributed by atoms with van der Waals surface area (Å²) in [6.45, 7) is 3.57. The van der Waals surface area contributed by atoms with Crippen molar-refractivity contribution in [3.63, 3.8) is 0 Å². The third kappa shape index (κ3) is 4.85. The predicted molar refractivity (Wildman–Crippen MR) is 119 cm³/mol. The van der Waals surface area contributed by atoms with E-state index in [1.807, 2.05) is 12.4 Å². The highest BCUT2D eigenvalue weighted by molar-refractivity contribution is 5.43. The molecular formula is C24H23F2N5O2. The second kappa shape index (κ2) is 9.77. The first-order valence-corrected chi connectivity index (χ1v) is 10.8. The zero-order valence-corrected chi connectivity index (χ0v) is 18.2. The van der Waals surface area contributed by atoms with Gasteiger partial charge in [0.25, 0.3) is 5.56 Å². The maximum Gasteiger partial charge on any atom is 0.258 e. The van der Waals surface area contributed by atoms with Gasteiger partial charge in [-0.1, -0.05) is 13.3 Å². The highest BCUT2D eigenvalue weighted by Gasteiger charge is 2.23. The number of ether oxygens (including phenoxy) is 1. The molecule has 0 spiro atoms. The van der Waals surface area contributed by atoms with Crippen LogP contribution < -0.4 is 15.2 Å². The van der Waals surface area contributed by atoms with Crippen LogP contribution in [0.5, 0.6) is 5.75 Å². The number of pyridine rings is 1. The number of halogens is 2. The Labute approximate surface area is 189 Å². The second-order valence-corrected chi connectivity index (χ2v) is 7.89. The van der Waals surface area contributed by atoms with Gasteiger partial charge in [-0.2, -0.15) is 5.26 Å². The fraction of sp³-hybridized carbons (Fsp3) is 0.333. The lowest BCUT2D eigenvalue weighted by Crippen LogP contribution is -2.39. The van der Waals surface area contributed by atoms with Gasteiger partial charge in [0.05, 0.1) is 11.3 Å². The van der Waals surface area contributed by atoms with E-state index in [9.17, 15) is 13.6 Å². The third-order valence-corrected chi connectivity index (χ3v) is 5.59. The Morgan fingerprint density at radius 2 is 1.88 bits per heavy atom. The van der Waals surface area contributed by atoms with Gasteiger partial charge >= 0.3 is 0 Å². The molecule has 0 N–H and O–H groups in total. The fourth-order valence-electron chi connectivity index (χ4n) is 3.84. The van der Waals surface area contributed by atoms with Crippen LogP contribution in [0.15, 0.2) is 47.7 Å². The number of rotatable bonds is 6. The summed E-state index contributed by atoms with van der Waals surface area (Å²) in [6, 6.07) is 6.70. The molecule has 9 heteroatoms. The van der Waals surface area contributed by atoms with E-state index >= 15 is 0 Å². The van der Waals surface area contributed by atoms with Crippen molar-refractivity contribution in [1.82, 2.24) is 14.5 Å². The Kier molecular flexibility index (Phi) is 6.63. The van der Waals surface area contributed by atoms with Gasteiger partial charge in [0.15, 0.2) is 11.6 Å². The van der Waals surface area contributed by atoms with Crippen molar-refractivity contribution in [3.8, 4) is 17.5 Å². The topological polar surface area (TPSA) is 84.0 Å². The van der Waals surface area contributed by atoms with E-state index in [4.69, 9.17) is 10.00 Å². The van der Waals surface area contributed by atoms with Crippen LogP contribution in [-0.4, -0.2) is 33.7 Å². The molecule has 2 aromatic heterocycles. The maximum atomic E-state index is 14.3. The van der Waals surface area contributed by atoms with Gasteiger partial charge < -0.3 is 9.64 Å². The average Bonchev–Trinajstić information content (AvgIpc) is 2.83. The zero-order chi connectivity index (χ0) is 23.4. The lowest BCUT2D eigenvalue weighted by atomic mass is 10.1. The van der Waals surface area contributed by atoms with E-state index < -0.39 is 22.8 Å². The second-order valence-electron chi connectivity index (χ2n) is 7.89. The lowest BCUT2D eigenvalue weighted by molar-refractivity contribution is 0.170. The van der Waals surface area contributed by atoms with Crippen molar-refractivity contribution in [2.75, 3.05) is 18.0 Å². The van der Waals surface area contributed by atoms with Gasteiger partial charge in [-0.25, -0.2) is 18.7 Å². The van der Waals surface area contributed by atoms with Crippen LogP contribution in [0.4, 0.5) is 14.7 Å². The van der Waals surface area contributed by atoms with Gasteiger partial charge in [-0.3, -0.25) is 9.36 Å². The third-order valence-electron chi connectivity index (χ3n) is 5.59. The number of aryl methyl sites for hydroxylation is 1. The molecule has 0 atom stereocenters. The molecule has 3 heterocycles. The molecule has 0 aliphatic carbocycles. The number of nitrogens with zero attached hydrogens (tertiary/aromatic N) is 5. The minimum atomic E-state index is -1.28. The summed E-state index contributed by atoms with van der Waals surface area (Å²) in [5.74, 6) is -1.46. The molecule has 1 aromatic carbocycles. The van der Waals surface area contributed by atoms with Crippen LogP contribution in [-0.2, 0) is 6.42 Å². The molecule has 3 aromatic rings. The first kappa shape index (κ1) is 22.4. The molecule has 0 amide bonds. The van der Waals surface area contributed by atoms with Crippen molar-refractivity contribution in [2.45, 2.75) is 38.7 Å². The Bertz CT molecular complexity index is 1230. The summed E-state index contributed by atoms with van der Waals surface area (Å²) < 4.78 is 35.2. The molecule has 1 aliphatic rings. The number of benzene rings is 1. The molecule has 1 fully saturated rings. The Hall–Kier alpha value is -3.80. The highest BCUT2D eigenvalue weighted by atomic mass is 19.2. The van der Waals surface area contributed by atoms with E-state index in [2.05, 4.69) is 21.8 Å². The highest BCUT2D eigenvalue weighted by Crippen LogP contribution is 2.22. The zero-order valence-electron chi connectivity index (χ0n) is 18.2. The number of piperidine rings is 1. The van der Waals surface area contributed by atoms with Crippen LogP contribution in [0, 0.1) is 23.0 Å². The quantitative estimate of drug-likeness (QED) is 0.567. The van der Waals surface area contributed by atoms with E-state index in [0.717, 1.165) is 55.0 Å². The monoisotopic (exact) mass is 451 g/mol. The Morgan fingerprint density at radius 1 is 1.15 bits per heavy atom. The van der Waals surface area contributed by atoms with Crippen molar-refractivity contribution in [2.24, 2.45) is 0 Å². The van der Waals surface area contributed by atoms with Crippen molar-refractivity contribution >= 4 is 5.95 Å². The molecule has 0 bridgehead atoms. The van der Waals surface area contributed by atoms with Crippen LogP contribution in [0.25, 0.3) is 5.69 Å². The molecule has 170 valence electrons. The number of anilines is 1. The first-order chi connectivity index (χ1) is 16.0. The summed E-state index contributed by atoms with van der Waals surface area (Å²) in [5.41, 5.74) is -0.120. The number of hydrogen-bond acceptors (Lipinski definition) is 6. The van der Waals surface area contributed by atoms with Crippen LogP contribution in [0.1, 0.15) is 37.3 Å². The number of nitriles is 1. The van der Waals surface area contributed by atoms with Crippen LogP contribution >= 0.6 is 0 Å². The summed E-state index contributed by atoms with van der Waals surface area (Å²) in [5, 5.41) is 8.81. The van der Waals surface area contributed by atoms with Crippen molar-refractivity contribution in [3.05, 3.63) is 76.0 Å². The molecule has 1 saturated heterocycles. The minimum absolute atomic E-state index is 0.0834. The minimum Gasteiger partial charge on any atom is -0.490 e. The standard InChI is InChI=1S/C24H23F2N5O2/c1-2-3-16-14-28-24(29-15-16)30-9-6-18(7-10-30)33-19-8-11-31(21(32)12-19)20-5-4-17(13-27)22(25)23(20)26/h4-5,8,11-12,14-15,18H,2-3,6-7,9-10H2,1H3. The smallest absolute Gasteiger partial charge is 0.258 e. The van der Waals surface area contributed by atoms with Gasteiger partial charge in [0, 0.05) is 50.6 Å². The SMILES string of the molecule is CCCc1cnc(N2CCC(Oc3ccn(-c4ccc(C#N)c(F)c4F)c(=O)c3)CC2)nc1. The van der Waals surface area contributed by atoms with Crippen LogP contribution in [0.3, 0.4) is 0 Å². The average molecular weight is 451 g/mol. The maximum absolute atomic E-state index is 14.3. The molecular weight excluding hydrogens is 428 g/mol. The molecule has 1 aliphatic heterocycles. The molecule has 0 radical (unpaired) electrons. The van der Waals surface area contributed by atoms with Gasteiger partial charge in [-0.05, 0) is 30.2 Å². The molecule has 33 heavy (non-hydrogen) atoms. The first-order valence-electron chi connectivity index (χ1n) is 10.8. The molecule has 4 rings (SSSR count). The number of aromatic nitrogens is 3. The summed E-state index contributed by atoms with van der Waals surface area (Å²) >= 11 is 0. The predicted octanol–water partition coefficient (Wildman–Crippen LogP) is 3.78. The Morgan fingerprint density at radius 3 is 2.52 bits per heavy atom. The van der Waals surface area contributed by atoms with Crippen molar-refractivity contribution < 1.29 is 13.5 Å². The van der Waals surface area contributed by atoms with E-state index in [-0.39, 0.29) is 11.8 Å². The summed E-state index contributed by atoms with van der Waals surface area (Å²) in [6.07, 6.45) is 8.47. The Balaban J connectivity index is 1.40. The van der Waals surface area contributed by atoms with Gasteiger partial charge in [0.1, 0.15) is 17.9 Å². The molecule has 0 unspecified atom stereocenters. The fourth-order valence-corrected chi connectivity index (χ4v) is 3.84. The molecule has 7 nitrogen and oxygen atoms in total. The number of hydrogen-bond donors (Lipinski definition) is 0. The van der Waals surface area contributed by atoms with Gasteiger partial charge in [-0.15, -0.1) is 0 Å². The van der Waals surface area contributed by atoms with E-state index in [1.54, 1.807) is 12.1 Å². The lowest BCUT2D eigenvalue weighted by Gasteiger charge is -2.32.